The molecule has 2 aromatic rings. The molecule has 1 N–H and O–H groups in total. The molecule has 0 saturated carbocycles. The van der Waals surface area contributed by atoms with Gasteiger partial charge in [0.1, 0.15) is 12.3 Å². The Bertz CT molecular complexity index is 541. The van der Waals surface area contributed by atoms with Crippen LogP contribution in [-0.2, 0) is 0 Å². The molecule has 0 spiro atoms. The summed E-state index contributed by atoms with van der Waals surface area (Å²) in [5.74, 6) is -0.357. The number of hydrogen-bond acceptors (Lipinski definition) is 4. The summed E-state index contributed by atoms with van der Waals surface area (Å²) >= 11 is 0. The monoisotopic (exact) mass is 213 g/mol. The van der Waals surface area contributed by atoms with E-state index in [-0.39, 0.29) is 5.91 Å². The van der Waals surface area contributed by atoms with Crippen LogP contribution in [0.1, 0.15) is 15.9 Å². The molecule has 0 aliphatic carbocycles. The molecule has 5 heteroatoms. The Hall–Kier alpha value is -2.61. The molecule has 0 saturated heterocycles. The second-order valence-corrected chi connectivity index (χ2v) is 3.02. The number of amides is 1. The fourth-order valence-electron chi connectivity index (χ4n) is 1.20. The maximum absolute atomic E-state index is 11.6. The van der Waals surface area contributed by atoms with Gasteiger partial charge in [-0.05, 0) is 12.1 Å². The van der Waals surface area contributed by atoms with Gasteiger partial charge in [0.2, 0.25) is 0 Å². The summed E-state index contributed by atoms with van der Waals surface area (Å²) in [5.41, 5.74) is 1.19. The van der Waals surface area contributed by atoms with Gasteiger partial charge >= 0.3 is 0 Å². The average Bonchev–Trinajstić information content (AvgIpc) is 2.83. The smallest absolute Gasteiger partial charge is 0.260 e. The minimum Gasteiger partial charge on any atom is -0.364 e. The Morgan fingerprint density at radius 1 is 1.44 bits per heavy atom. The first-order valence-electron chi connectivity index (χ1n) is 4.51. The first-order valence-corrected chi connectivity index (χ1v) is 4.51. The minimum atomic E-state index is -0.357. The van der Waals surface area contributed by atoms with Gasteiger partial charge in [-0.25, -0.2) is 0 Å². The highest BCUT2D eigenvalue weighted by molar-refractivity contribution is 6.04. The molecule has 0 radical (unpaired) electrons. The minimum absolute atomic E-state index is 0.313. The maximum atomic E-state index is 11.6. The molecule has 0 fully saturated rings. The normalized spacial score (nSPS) is 9.44. The van der Waals surface area contributed by atoms with E-state index in [2.05, 4.69) is 15.0 Å². The first kappa shape index (κ1) is 9.93. The predicted molar refractivity (Wildman–Crippen MR) is 55.6 cm³/mol. The van der Waals surface area contributed by atoms with E-state index in [0.29, 0.717) is 16.8 Å². The highest BCUT2D eigenvalue weighted by Crippen LogP contribution is 2.14. The molecule has 1 heterocycles. The standard InChI is InChI=1S/C11H7N3O2/c12-5-8-3-1-2-4-10(8)14-11(15)9-6-13-16-7-9/h1-4,6-7H,(H,14,15). The molecule has 1 aromatic heterocycles. The van der Waals surface area contributed by atoms with Gasteiger partial charge in [-0.2, -0.15) is 5.26 Å². The molecule has 1 aromatic carbocycles. The lowest BCUT2D eigenvalue weighted by Gasteiger charge is -2.04. The lowest BCUT2D eigenvalue weighted by atomic mass is 10.2. The summed E-state index contributed by atoms with van der Waals surface area (Å²) < 4.78 is 4.55. The Labute approximate surface area is 91.3 Å². The molecular formula is C11H7N3O2. The molecule has 2 rings (SSSR count). The highest BCUT2D eigenvalue weighted by Gasteiger charge is 2.10. The Balaban J connectivity index is 2.22. The average molecular weight is 213 g/mol. The number of rotatable bonds is 2. The summed E-state index contributed by atoms with van der Waals surface area (Å²) in [6.07, 6.45) is 2.55. The molecule has 78 valence electrons. The third kappa shape index (κ3) is 1.91. The third-order valence-electron chi connectivity index (χ3n) is 1.99. The molecule has 0 atom stereocenters. The van der Waals surface area contributed by atoms with Crippen molar-refractivity contribution < 1.29 is 9.32 Å². The zero-order valence-electron chi connectivity index (χ0n) is 8.18. The largest absolute Gasteiger partial charge is 0.364 e. The van der Waals surface area contributed by atoms with E-state index < -0.39 is 0 Å². The summed E-state index contributed by atoms with van der Waals surface area (Å²) in [6.45, 7) is 0. The van der Waals surface area contributed by atoms with Crippen molar-refractivity contribution in [3.63, 3.8) is 0 Å². The lowest BCUT2D eigenvalue weighted by molar-refractivity contribution is 0.102. The van der Waals surface area contributed by atoms with Crippen molar-refractivity contribution in [2.45, 2.75) is 0 Å². The number of carbonyl (C=O) groups is 1. The van der Waals surface area contributed by atoms with Crippen LogP contribution in [0.2, 0.25) is 0 Å². The molecular weight excluding hydrogens is 206 g/mol. The van der Waals surface area contributed by atoms with Crippen LogP contribution in [0.4, 0.5) is 5.69 Å². The molecule has 5 nitrogen and oxygen atoms in total. The summed E-state index contributed by atoms with van der Waals surface area (Å²) in [7, 11) is 0. The van der Waals surface area contributed by atoms with Gasteiger partial charge in [0.05, 0.1) is 23.0 Å². The number of carbonyl (C=O) groups excluding carboxylic acids is 1. The summed E-state index contributed by atoms with van der Waals surface area (Å²) in [6, 6.07) is 8.75. The fourth-order valence-corrected chi connectivity index (χ4v) is 1.20. The predicted octanol–water partition coefficient (Wildman–Crippen LogP) is 1.80. The van der Waals surface area contributed by atoms with Crippen LogP contribution >= 0.6 is 0 Å². The lowest BCUT2D eigenvalue weighted by Crippen LogP contribution is -2.11. The van der Waals surface area contributed by atoms with Crippen LogP contribution < -0.4 is 5.32 Å². The number of nitrogens with one attached hydrogen (secondary N) is 1. The van der Waals surface area contributed by atoms with Crippen molar-refractivity contribution in [1.82, 2.24) is 5.16 Å². The van der Waals surface area contributed by atoms with Crippen LogP contribution in [0.3, 0.4) is 0 Å². The van der Waals surface area contributed by atoms with Gasteiger partial charge in [0.25, 0.3) is 5.91 Å². The van der Waals surface area contributed by atoms with Crippen LogP contribution in [0.5, 0.6) is 0 Å². The zero-order valence-corrected chi connectivity index (χ0v) is 8.18. The van der Waals surface area contributed by atoms with Crippen molar-refractivity contribution >= 4 is 11.6 Å². The van der Waals surface area contributed by atoms with Gasteiger partial charge < -0.3 is 9.84 Å². The molecule has 0 unspecified atom stereocenters. The Morgan fingerprint density at radius 2 is 2.25 bits per heavy atom. The number of anilines is 1. The van der Waals surface area contributed by atoms with E-state index >= 15 is 0 Å². The van der Waals surface area contributed by atoms with Crippen LogP contribution in [-0.4, -0.2) is 11.1 Å². The number of hydrogen-bond donors (Lipinski definition) is 1. The van der Waals surface area contributed by atoms with E-state index in [1.807, 2.05) is 6.07 Å². The molecule has 16 heavy (non-hydrogen) atoms. The summed E-state index contributed by atoms with van der Waals surface area (Å²) in [5, 5.41) is 14.9. The second-order valence-electron chi connectivity index (χ2n) is 3.02. The fraction of sp³-hybridized carbons (Fsp3) is 0. The van der Waals surface area contributed by atoms with Gasteiger partial charge in [0, 0.05) is 0 Å². The van der Waals surface area contributed by atoms with Gasteiger partial charge in [-0.15, -0.1) is 0 Å². The molecule has 1 amide bonds. The van der Waals surface area contributed by atoms with E-state index in [9.17, 15) is 4.79 Å². The van der Waals surface area contributed by atoms with Crippen molar-refractivity contribution in [1.29, 1.82) is 5.26 Å². The third-order valence-corrected chi connectivity index (χ3v) is 1.99. The second kappa shape index (κ2) is 4.28. The maximum Gasteiger partial charge on any atom is 0.260 e. The Kier molecular flexibility index (Phi) is 2.65. The SMILES string of the molecule is N#Cc1ccccc1NC(=O)c1cnoc1. The van der Waals surface area contributed by atoms with Crippen LogP contribution in [0.15, 0.2) is 41.2 Å². The van der Waals surface area contributed by atoms with Crippen LogP contribution in [0.25, 0.3) is 0 Å². The van der Waals surface area contributed by atoms with E-state index in [1.165, 1.54) is 12.5 Å². The topological polar surface area (TPSA) is 78.9 Å². The number of para-hydroxylation sites is 1. The van der Waals surface area contributed by atoms with Gasteiger partial charge in [-0.3, -0.25) is 4.79 Å². The Morgan fingerprint density at radius 3 is 2.94 bits per heavy atom. The van der Waals surface area contributed by atoms with E-state index in [0.717, 1.165) is 0 Å². The number of aromatic nitrogens is 1. The van der Waals surface area contributed by atoms with Crippen molar-refractivity contribution in [2.24, 2.45) is 0 Å². The van der Waals surface area contributed by atoms with E-state index in [4.69, 9.17) is 5.26 Å². The quantitative estimate of drug-likeness (QED) is 0.824. The zero-order chi connectivity index (χ0) is 11.4. The van der Waals surface area contributed by atoms with Crippen LogP contribution in [0, 0.1) is 11.3 Å². The van der Waals surface area contributed by atoms with E-state index in [1.54, 1.807) is 24.3 Å². The van der Waals surface area contributed by atoms with Gasteiger partial charge in [-0.1, -0.05) is 17.3 Å². The first-order chi connectivity index (χ1) is 7.81. The molecule has 0 bridgehead atoms. The molecule has 0 aliphatic rings. The molecule has 0 aliphatic heterocycles. The number of nitriles is 1. The number of benzene rings is 1. The van der Waals surface area contributed by atoms with Gasteiger partial charge in [0.15, 0.2) is 0 Å². The highest BCUT2D eigenvalue weighted by atomic mass is 16.5. The van der Waals surface area contributed by atoms with Crippen molar-refractivity contribution in [2.75, 3.05) is 5.32 Å². The number of nitrogens with zero attached hydrogens (tertiary/aromatic N) is 2. The van der Waals surface area contributed by atoms with Crippen molar-refractivity contribution in [3.05, 3.63) is 47.9 Å². The summed E-state index contributed by atoms with van der Waals surface area (Å²) in [4.78, 5) is 11.6. The van der Waals surface area contributed by atoms with Crippen molar-refractivity contribution in [3.8, 4) is 6.07 Å².